The van der Waals surface area contributed by atoms with Crippen molar-refractivity contribution in [3.8, 4) is 0 Å². The molecule has 3 aromatic carbocycles. The predicted octanol–water partition coefficient (Wildman–Crippen LogP) is 8.36. The highest BCUT2D eigenvalue weighted by Crippen LogP contribution is 2.21. The van der Waals surface area contributed by atoms with Crippen LogP contribution in [0.5, 0.6) is 0 Å². The number of nitrogens with one attached hydrogen (secondary N) is 2. The second-order valence-corrected chi connectivity index (χ2v) is 12.0. The lowest BCUT2D eigenvalue weighted by atomic mass is 10.1. The van der Waals surface area contributed by atoms with Crippen LogP contribution in [0.2, 0.25) is 5.02 Å². The number of halogens is 1. The van der Waals surface area contributed by atoms with Gasteiger partial charge in [0.1, 0.15) is 0 Å². The fraction of sp³-hybridized carbons (Fsp3) is 0.487. The molecule has 0 unspecified atom stereocenters. The molecule has 2 saturated heterocycles. The fourth-order valence-electron chi connectivity index (χ4n) is 5.58. The van der Waals surface area contributed by atoms with Gasteiger partial charge in [-0.05, 0) is 87.2 Å². The number of likely N-dealkylation sites (tertiary alicyclic amines) is 1. The van der Waals surface area contributed by atoms with Gasteiger partial charge in [-0.1, -0.05) is 99.8 Å². The van der Waals surface area contributed by atoms with Crippen LogP contribution < -0.4 is 10.6 Å². The minimum atomic E-state index is -0.191. The zero-order valence-electron chi connectivity index (χ0n) is 28.6. The summed E-state index contributed by atoms with van der Waals surface area (Å²) in [5, 5.41) is 9.40. The van der Waals surface area contributed by atoms with Crippen molar-refractivity contribution in [1.29, 1.82) is 0 Å². The number of carbonyl (C=O) groups is 2. The third kappa shape index (κ3) is 14.1. The summed E-state index contributed by atoms with van der Waals surface area (Å²) in [6, 6.07) is 23.2. The van der Waals surface area contributed by atoms with Gasteiger partial charge < -0.3 is 20.4 Å². The topological polar surface area (TPSA) is 64.7 Å². The molecule has 7 heteroatoms. The Morgan fingerprint density at radius 3 is 2.20 bits per heavy atom. The lowest BCUT2D eigenvalue weighted by molar-refractivity contribution is -0.133. The summed E-state index contributed by atoms with van der Waals surface area (Å²) in [7, 11) is 0. The van der Waals surface area contributed by atoms with Gasteiger partial charge in [-0.25, -0.2) is 0 Å². The fourth-order valence-corrected chi connectivity index (χ4v) is 5.76. The summed E-state index contributed by atoms with van der Waals surface area (Å²) in [6.07, 6.45) is 9.34. The molecule has 46 heavy (non-hydrogen) atoms. The smallest absolute Gasteiger partial charge is 0.251 e. The first-order valence-electron chi connectivity index (χ1n) is 17.3. The Labute approximate surface area is 283 Å². The molecule has 6 nitrogen and oxygen atoms in total. The largest absolute Gasteiger partial charge is 0.350 e. The number of hydrogen-bond acceptors (Lipinski definition) is 4. The van der Waals surface area contributed by atoms with Gasteiger partial charge in [0.25, 0.3) is 5.91 Å². The lowest BCUT2D eigenvalue weighted by Crippen LogP contribution is -2.50. The third-order valence-corrected chi connectivity index (χ3v) is 8.23. The molecule has 2 N–H and O–H groups in total. The first kappa shape index (κ1) is 39.0. The van der Waals surface area contributed by atoms with Crippen molar-refractivity contribution in [2.24, 2.45) is 0 Å². The average molecular weight is 649 g/mol. The van der Waals surface area contributed by atoms with E-state index in [4.69, 9.17) is 11.6 Å². The van der Waals surface area contributed by atoms with Crippen LogP contribution in [0.15, 0.2) is 85.5 Å². The Kier molecular flexibility index (Phi) is 19.6. The van der Waals surface area contributed by atoms with Gasteiger partial charge in [0.2, 0.25) is 5.91 Å². The molecule has 2 aliphatic rings. The summed E-state index contributed by atoms with van der Waals surface area (Å²) in [5.41, 5.74) is 0.635. The number of rotatable bonds is 9. The van der Waals surface area contributed by atoms with E-state index < -0.39 is 0 Å². The van der Waals surface area contributed by atoms with E-state index in [0.29, 0.717) is 17.1 Å². The quantitative estimate of drug-likeness (QED) is 0.229. The molecular weight excluding hydrogens is 592 g/mol. The van der Waals surface area contributed by atoms with E-state index in [1.807, 2.05) is 98.5 Å². The van der Waals surface area contributed by atoms with E-state index in [2.05, 4.69) is 29.0 Å². The standard InChI is InChI=1S/C28H39ClN4O2.C6H6.C3H6.C2H6/c1-2-3-15-33-17-11-25(31-26(28(33)35)12-16-32-13-5-4-6-14-32)20-30-27(34)23-8-7-22-19-24(29)10-9-21(22)18-23;1-2-4-6-5-3-1;1-3-2;1-2/h7-10,18-19,25-26,31H,2-6,11-17,20H2,1H3,(H,30,34);1-6H;3H,1H2,2H3;1-2H3/t25-,26-;;;/m0.../s1. The summed E-state index contributed by atoms with van der Waals surface area (Å²) in [4.78, 5) is 30.8. The van der Waals surface area contributed by atoms with Crippen LogP contribution in [0.25, 0.3) is 10.8 Å². The summed E-state index contributed by atoms with van der Waals surface area (Å²) < 4.78 is 0. The summed E-state index contributed by atoms with van der Waals surface area (Å²) in [5.74, 6) is 0.129. The molecule has 3 aromatic rings. The molecule has 2 amide bonds. The van der Waals surface area contributed by atoms with Crippen LogP contribution in [0, 0.1) is 0 Å². The van der Waals surface area contributed by atoms with Gasteiger partial charge in [-0.3, -0.25) is 9.59 Å². The Morgan fingerprint density at radius 1 is 0.957 bits per heavy atom. The van der Waals surface area contributed by atoms with Crippen LogP contribution in [-0.4, -0.2) is 73.0 Å². The number of piperidine rings is 1. The first-order valence-corrected chi connectivity index (χ1v) is 17.6. The number of nitrogens with zero attached hydrogens (tertiary/aromatic N) is 2. The van der Waals surface area contributed by atoms with E-state index in [-0.39, 0.29) is 23.9 Å². The maximum Gasteiger partial charge on any atom is 0.251 e. The molecule has 2 fully saturated rings. The minimum Gasteiger partial charge on any atom is -0.350 e. The molecule has 2 heterocycles. The predicted molar refractivity (Wildman–Crippen MR) is 197 cm³/mol. The number of fused-ring (bicyclic) bond motifs is 1. The second kappa shape index (κ2) is 23.2. The number of hydrogen-bond donors (Lipinski definition) is 2. The minimum absolute atomic E-state index is 0.0696. The Hall–Kier alpha value is -3.19. The van der Waals surface area contributed by atoms with Gasteiger partial charge in [0.05, 0.1) is 6.04 Å². The van der Waals surface area contributed by atoms with E-state index in [1.165, 1.54) is 19.3 Å². The zero-order chi connectivity index (χ0) is 33.6. The van der Waals surface area contributed by atoms with Crippen LogP contribution >= 0.6 is 11.6 Å². The highest BCUT2D eigenvalue weighted by atomic mass is 35.5. The van der Waals surface area contributed by atoms with E-state index in [9.17, 15) is 9.59 Å². The Balaban J connectivity index is 0.000000576. The molecule has 0 radical (unpaired) electrons. The lowest BCUT2D eigenvalue weighted by Gasteiger charge is -2.30. The van der Waals surface area contributed by atoms with E-state index >= 15 is 0 Å². The molecule has 252 valence electrons. The van der Waals surface area contributed by atoms with E-state index in [0.717, 1.165) is 69.2 Å². The molecule has 0 aliphatic carbocycles. The first-order chi connectivity index (χ1) is 22.4. The normalized spacial score (nSPS) is 18.0. The zero-order valence-corrected chi connectivity index (χ0v) is 29.4. The Morgan fingerprint density at radius 2 is 1.57 bits per heavy atom. The Bertz CT molecular complexity index is 1250. The number of unbranched alkanes of at least 4 members (excludes halogenated alkanes) is 1. The van der Waals surface area contributed by atoms with Crippen molar-refractivity contribution in [2.45, 2.75) is 84.7 Å². The maximum atomic E-state index is 13.3. The third-order valence-electron chi connectivity index (χ3n) is 8.00. The highest BCUT2D eigenvalue weighted by molar-refractivity contribution is 6.31. The average Bonchev–Trinajstić information content (AvgIpc) is 3.25. The van der Waals surface area contributed by atoms with Crippen molar-refractivity contribution in [3.63, 3.8) is 0 Å². The van der Waals surface area contributed by atoms with Crippen molar-refractivity contribution < 1.29 is 9.59 Å². The molecule has 0 saturated carbocycles. The summed E-state index contributed by atoms with van der Waals surface area (Å²) >= 11 is 6.08. The van der Waals surface area contributed by atoms with Crippen molar-refractivity contribution in [2.75, 3.05) is 39.3 Å². The van der Waals surface area contributed by atoms with Gasteiger partial charge in [0, 0.05) is 42.8 Å². The van der Waals surface area contributed by atoms with Crippen molar-refractivity contribution in [1.82, 2.24) is 20.4 Å². The van der Waals surface area contributed by atoms with Gasteiger partial charge in [-0.2, -0.15) is 0 Å². The highest BCUT2D eigenvalue weighted by Gasteiger charge is 2.31. The number of allylic oxidation sites excluding steroid dienone is 1. The monoisotopic (exact) mass is 648 g/mol. The molecule has 0 aromatic heterocycles. The van der Waals surface area contributed by atoms with E-state index in [1.54, 1.807) is 6.08 Å². The van der Waals surface area contributed by atoms with Crippen LogP contribution in [-0.2, 0) is 4.79 Å². The van der Waals surface area contributed by atoms with Crippen LogP contribution in [0.1, 0.15) is 83.0 Å². The molecule has 0 spiro atoms. The number of carbonyl (C=O) groups excluding carboxylic acids is 2. The molecule has 0 bridgehead atoms. The molecule has 2 atom stereocenters. The number of amides is 2. The molecule has 5 rings (SSSR count). The van der Waals surface area contributed by atoms with Gasteiger partial charge in [0.15, 0.2) is 0 Å². The molecule has 2 aliphatic heterocycles. The summed E-state index contributed by atoms with van der Waals surface area (Å²) in [6.45, 7) is 16.7. The van der Waals surface area contributed by atoms with Crippen LogP contribution in [0.3, 0.4) is 0 Å². The SMILES string of the molecule is C=CC.CC.CCCCN1CC[C@@H](CNC(=O)c2ccc3cc(Cl)ccc3c2)N[C@@H](CCN2CCCCC2)C1=O.c1ccccc1. The van der Waals surface area contributed by atoms with Gasteiger partial charge in [-0.15, -0.1) is 6.58 Å². The number of benzene rings is 3. The second-order valence-electron chi connectivity index (χ2n) is 11.6. The maximum absolute atomic E-state index is 13.3. The van der Waals surface area contributed by atoms with Crippen molar-refractivity contribution in [3.05, 3.63) is 96.0 Å². The van der Waals surface area contributed by atoms with Gasteiger partial charge >= 0.3 is 0 Å². The van der Waals surface area contributed by atoms with Crippen molar-refractivity contribution >= 4 is 34.2 Å². The van der Waals surface area contributed by atoms with Crippen LogP contribution in [0.4, 0.5) is 0 Å². The molecular formula is C39H57ClN4O2.